The van der Waals surface area contributed by atoms with E-state index in [1.165, 1.54) is 12.1 Å². The van der Waals surface area contributed by atoms with Crippen molar-refractivity contribution >= 4 is 17.5 Å². The van der Waals surface area contributed by atoms with E-state index in [-0.39, 0.29) is 0 Å². The highest BCUT2D eigenvalue weighted by molar-refractivity contribution is 8.00. The first-order valence-corrected chi connectivity index (χ1v) is 7.38. The second-order valence-corrected chi connectivity index (χ2v) is 8.00. The van der Waals surface area contributed by atoms with Gasteiger partial charge in [0.25, 0.3) is 0 Å². The summed E-state index contributed by atoms with van der Waals surface area (Å²) in [4.78, 5) is 4.92. The Morgan fingerprint density at radius 3 is 2.25 bits per heavy atom. The Labute approximate surface area is 105 Å². The van der Waals surface area contributed by atoms with Crippen molar-refractivity contribution in [2.75, 3.05) is 0 Å². The number of rotatable bonds is 1. The van der Waals surface area contributed by atoms with E-state index in [1.54, 1.807) is 0 Å². The second kappa shape index (κ2) is 5.12. The zero-order valence-corrected chi connectivity index (χ0v) is 12.7. The molecular weight excluding hydrogens is 214 g/mol. The lowest BCUT2D eigenvalue weighted by atomic mass is 9.87. The van der Waals surface area contributed by atoms with Crippen LogP contribution >= 0.6 is 11.8 Å². The van der Waals surface area contributed by atoms with E-state index in [9.17, 15) is 0 Å². The molecule has 0 saturated carbocycles. The smallest absolute Gasteiger partial charge is 0.0586 e. The number of nitrogens with zero attached hydrogens (tertiary/aromatic N) is 1. The molecule has 0 saturated heterocycles. The van der Waals surface area contributed by atoms with Gasteiger partial charge in [-0.15, -0.1) is 0 Å². The van der Waals surface area contributed by atoms with Gasteiger partial charge in [0.1, 0.15) is 0 Å². The van der Waals surface area contributed by atoms with Gasteiger partial charge in [0.15, 0.2) is 0 Å². The van der Waals surface area contributed by atoms with Crippen molar-refractivity contribution in [2.45, 2.75) is 71.4 Å². The van der Waals surface area contributed by atoms with Gasteiger partial charge in [-0.3, -0.25) is 4.99 Å². The van der Waals surface area contributed by atoms with Crippen molar-refractivity contribution in [1.82, 2.24) is 0 Å². The summed E-state index contributed by atoms with van der Waals surface area (Å²) in [6, 6.07) is 0.467. The van der Waals surface area contributed by atoms with Crippen molar-refractivity contribution in [2.24, 2.45) is 16.3 Å². The van der Waals surface area contributed by atoms with Gasteiger partial charge in [0.2, 0.25) is 0 Å². The molecule has 0 bridgehead atoms. The first-order chi connectivity index (χ1) is 7.21. The number of hydrogen-bond acceptors (Lipinski definition) is 2. The maximum Gasteiger partial charge on any atom is 0.0586 e. The second-order valence-electron chi connectivity index (χ2n) is 6.42. The number of thioether (sulfide) groups is 1. The molecule has 0 aromatic carbocycles. The van der Waals surface area contributed by atoms with E-state index >= 15 is 0 Å². The van der Waals surface area contributed by atoms with Crippen LogP contribution in [0.3, 0.4) is 0 Å². The first-order valence-electron chi connectivity index (χ1n) is 6.44. The molecule has 2 unspecified atom stereocenters. The molecule has 0 fully saturated rings. The van der Waals surface area contributed by atoms with Gasteiger partial charge in [-0.2, -0.15) is 11.8 Å². The Kier molecular flexibility index (Phi) is 4.50. The zero-order valence-electron chi connectivity index (χ0n) is 11.9. The van der Waals surface area contributed by atoms with Gasteiger partial charge in [0, 0.05) is 16.2 Å². The molecule has 0 radical (unpaired) electrons. The summed E-state index contributed by atoms with van der Waals surface area (Å²) in [5, 5.41) is 1.34. The lowest BCUT2D eigenvalue weighted by Gasteiger charge is -2.31. The van der Waals surface area contributed by atoms with Crippen LogP contribution in [0, 0.1) is 11.3 Å². The van der Waals surface area contributed by atoms with Crippen molar-refractivity contribution in [1.29, 1.82) is 0 Å². The van der Waals surface area contributed by atoms with Gasteiger partial charge < -0.3 is 0 Å². The van der Waals surface area contributed by atoms with Crippen LogP contribution in [-0.4, -0.2) is 22.3 Å². The van der Waals surface area contributed by atoms with Crippen LogP contribution in [0.1, 0.15) is 54.9 Å². The van der Waals surface area contributed by atoms with Crippen LogP contribution in [0.25, 0.3) is 0 Å². The van der Waals surface area contributed by atoms with E-state index in [0.29, 0.717) is 27.9 Å². The molecule has 1 aliphatic rings. The third-order valence-electron chi connectivity index (χ3n) is 3.45. The molecule has 0 aromatic heterocycles. The highest BCUT2D eigenvalue weighted by Gasteiger charge is 2.32. The van der Waals surface area contributed by atoms with Crippen LogP contribution in [0.15, 0.2) is 4.99 Å². The molecule has 1 aliphatic heterocycles. The van der Waals surface area contributed by atoms with Crippen LogP contribution in [0.4, 0.5) is 0 Å². The maximum absolute atomic E-state index is 4.92. The van der Waals surface area contributed by atoms with E-state index in [2.05, 4.69) is 60.2 Å². The van der Waals surface area contributed by atoms with Crippen LogP contribution < -0.4 is 0 Å². The average Bonchev–Trinajstić information content (AvgIpc) is 2.26. The molecule has 1 nitrogen and oxygen atoms in total. The lowest BCUT2D eigenvalue weighted by molar-refractivity contribution is 0.398. The van der Waals surface area contributed by atoms with E-state index in [4.69, 9.17) is 4.99 Å². The molecule has 16 heavy (non-hydrogen) atoms. The summed E-state index contributed by atoms with van der Waals surface area (Å²) in [5.41, 5.74) is 1.79. The Balaban J connectivity index is 2.92. The topological polar surface area (TPSA) is 12.4 Å². The van der Waals surface area contributed by atoms with Crippen molar-refractivity contribution in [3.05, 3.63) is 0 Å². The third kappa shape index (κ3) is 3.51. The van der Waals surface area contributed by atoms with Gasteiger partial charge in [-0.05, 0) is 24.7 Å². The minimum atomic E-state index is 0.374. The summed E-state index contributed by atoms with van der Waals surface area (Å²) in [7, 11) is 0. The molecule has 0 aliphatic carbocycles. The molecule has 94 valence electrons. The Morgan fingerprint density at radius 2 is 1.81 bits per heavy atom. The largest absolute Gasteiger partial charge is 0.290 e. The lowest BCUT2D eigenvalue weighted by Crippen LogP contribution is -2.28. The molecular formula is C14H27NS. The molecule has 0 N–H and O–H groups in total. The van der Waals surface area contributed by atoms with E-state index < -0.39 is 0 Å². The summed E-state index contributed by atoms with van der Waals surface area (Å²) >= 11 is 2.13. The molecule has 3 atom stereocenters. The highest BCUT2D eigenvalue weighted by Crippen LogP contribution is 2.39. The SMILES string of the molecule is CC(C)C1=NC(C)C(C)S[C@H](C(C)(C)C)C1. The standard InChI is InChI=1S/C14H27NS/c1-9(2)12-8-13(14(5,6)7)16-11(4)10(3)15-12/h9-11,13H,8H2,1-7H3/t10?,11?,13-/m0/s1. The van der Waals surface area contributed by atoms with Crippen LogP contribution in [0.2, 0.25) is 0 Å². The molecule has 0 aromatic rings. The summed E-state index contributed by atoms with van der Waals surface area (Å²) in [6.07, 6.45) is 1.17. The number of hydrogen-bond donors (Lipinski definition) is 0. The van der Waals surface area contributed by atoms with E-state index in [0.717, 1.165) is 0 Å². The predicted octanol–water partition coefficient (Wildman–Crippen LogP) is 4.41. The fraction of sp³-hybridized carbons (Fsp3) is 0.929. The molecule has 0 amide bonds. The average molecular weight is 241 g/mol. The molecule has 1 heterocycles. The Hall–Kier alpha value is 0.0200. The van der Waals surface area contributed by atoms with Crippen LogP contribution in [0.5, 0.6) is 0 Å². The quantitative estimate of drug-likeness (QED) is 0.662. The molecule has 2 heteroatoms. The van der Waals surface area contributed by atoms with Gasteiger partial charge in [0.05, 0.1) is 6.04 Å². The van der Waals surface area contributed by atoms with Gasteiger partial charge in [-0.25, -0.2) is 0 Å². The summed E-state index contributed by atoms with van der Waals surface area (Å²) in [6.45, 7) is 16.2. The minimum Gasteiger partial charge on any atom is -0.290 e. The van der Waals surface area contributed by atoms with Crippen molar-refractivity contribution in [3.63, 3.8) is 0 Å². The fourth-order valence-electron chi connectivity index (χ4n) is 1.93. The fourth-order valence-corrected chi connectivity index (χ4v) is 3.41. The van der Waals surface area contributed by atoms with Gasteiger partial charge >= 0.3 is 0 Å². The minimum absolute atomic E-state index is 0.374. The third-order valence-corrected chi connectivity index (χ3v) is 5.48. The summed E-state index contributed by atoms with van der Waals surface area (Å²) < 4.78 is 0. The summed E-state index contributed by atoms with van der Waals surface area (Å²) in [5.74, 6) is 0.596. The van der Waals surface area contributed by atoms with Crippen molar-refractivity contribution in [3.8, 4) is 0 Å². The van der Waals surface area contributed by atoms with Gasteiger partial charge in [-0.1, -0.05) is 41.5 Å². The maximum atomic E-state index is 4.92. The first kappa shape index (κ1) is 14.1. The van der Waals surface area contributed by atoms with E-state index in [1.807, 2.05) is 0 Å². The highest BCUT2D eigenvalue weighted by atomic mass is 32.2. The molecule has 1 rings (SSSR count). The normalized spacial score (nSPS) is 32.5. The molecule has 0 spiro atoms. The Bertz CT molecular complexity index is 262. The predicted molar refractivity (Wildman–Crippen MR) is 76.6 cm³/mol. The zero-order chi connectivity index (χ0) is 12.5. The number of aliphatic imine (C=N–C) groups is 1. The monoisotopic (exact) mass is 241 g/mol. The van der Waals surface area contributed by atoms with Crippen LogP contribution in [-0.2, 0) is 0 Å². The Morgan fingerprint density at radius 1 is 1.25 bits per heavy atom. The van der Waals surface area contributed by atoms with Crippen molar-refractivity contribution < 1.29 is 0 Å².